The SMILES string of the molecule is CN(Cc1ccccn1)c1ccc(Br)cc1C#N. The average molecular weight is 302 g/mol. The minimum atomic E-state index is 0.655. The Labute approximate surface area is 115 Å². The highest BCUT2D eigenvalue weighted by Crippen LogP contribution is 2.24. The summed E-state index contributed by atoms with van der Waals surface area (Å²) in [5.41, 5.74) is 2.54. The highest BCUT2D eigenvalue weighted by molar-refractivity contribution is 9.10. The summed E-state index contributed by atoms with van der Waals surface area (Å²) in [5.74, 6) is 0. The molecule has 0 aliphatic heterocycles. The average Bonchev–Trinajstić information content (AvgIpc) is 2.39. The molecule has 0 fully saturated rings. The number of nitriles is 1. The lowest BCUT2D eigenvalue weighted by Crippen LogP contribution is -2.18. The van der Waals surface area contributed by atoms with Gasteiger partial charge in [0.1, 0.15) is 6.07 Å². The predicted molar refractivity (Wildman–Crippen MR) is 75.2 cm³/mol. The molecule has 1 heterocycles. The Bertz CT molecular complexity index is 575. The Kier molecular flexibility index (Phi) is 3.96. The molecule has 4 heteroatoms. The van der Waals surface area contributed by atoms with Gasteiger partial charge in [-0.25, -0.2) is 0 Å². The summed E-state index contributed by atoms with van der Waals surface area (Å²) >= 11 is 3.37. The van der Waals surface area contributed by atoms with Crippen molar-refractivity contribution < 1.29 is 0 Å². The third kappa shape index (κ3) is 2.88. The first-order chi connectivity index (χ1) is 8.70. The summed E-state index contributed by atoms with van der Waals surface area (Å²) in [6.07, 6.45) is 1.77. The Morgan fingerprint density at radius 1 is 1.33 bits per heavy atom. The van der Waals surface area contributed by atoms with Crippen LogP contribution >= 0.6 is 15.9 Å². The maximum absolute atomic E-state index is 9.14. The van der Waals surface area contributed by atoms with Crippen LogP contribution in [0.2, 0.25) is 0 Å². The molecule has 3 nitrogen and oxygen atoms in total. The molecule has 1 aromatic heterocycles. The van der Waals surface area contributed by atoms with Crippen molar-refractivity contribution in [1.29, 1.82) is 5.26 Å². The summed E-state index contributed by atoms with van der Waals surface area (Å²) in [6.45, 7) is 0.678. The molecular formula is C14H12BrN3. The van der Waals surface area contributed by atoms with Gasteiger partial charge in [0.15, 0.2) is 0 Å². The van der Waals surface area contributed by atoms with E-state index in [2.05, 4.69) is 27.0 Å². The molecule has 0 radical (unpaired) electrons. The highest BCUT2D eigenvalue weighted by Gasteiger charge is 2.08. The fourth-order valence-corrected chi connectivity index (χ4v) is 2.11. The second-order valence-electron chi connectivity index (χ2n) is 3.95. The molecule has 90 valence electrons. The molecule has 1 aromatic carbocycles. The molecule has 0 aliphatic rings. The first-order valence-corrected chi connectivity index (χ1v) is 6.30. The lowest BCUT2D eigenvalue weighted by Gasteiger charge is -2.20. The van der Waals surface area contributed by atoms with Crippen LogP contribution in [0.15, 0.2) is 47.1 Å². The number of aromatic nitrogens is 1. The van der Waals surface area contributed by atoms with Gasteiger partial charge in [0.05, 0.1) is 23.5 Å². The quantitative estimate of drug-likeness (QED) is 0.873. The molecule has 0 bridgehead atoms. The van der Waals surface area contributed by atoms with E-state index < -0.39 is 0 Å². The van der Waals surface area contributed by atoms with E-state index in [0.29, 0.717) is 12.1 Å². The van der Waals surface area contributed by atoms with Gasteiger partial charge in [0.2, 0.25) is 0 Å². The third-order valence-electron chi connectivity index (χ3n) is 2.62. The van der Waals surface area contributed by atoms with Gasteiger partial charge in [0, 0.05) is 17.7 Å². The molecule has 0 unspecified atom stereocenters. The van der Waals surface area contributed by atoms with Gasteiger partial charge in [-0.05, 0) is 30.3 Å². The molecule has 0 amide bonds. The van der Waals surface area contributed by atoms with Gasteiger partial charge in [-0.1, -0.05) is 22.0 Å². The van der Waals surface area contributed by atoms with Crippen LogP contribution in [-0.4, -0.2) is 12.0 Å². The summed E-state index contributed by atoms with van der Waals surface area (Å²) in [7, 11) is 1.96. The van der Waals surface area contributed by atoms with Crippen LogP contribution in [0.25, 0.3) is 0 Å². The van der Waals surface area contributed by atoms with Crippen molar-refractivity contribution in [1.82, 2.24) is 4.98 Å². The first-order valence-electron chi connectivity index (χ1n) is 5.51. The van der Waals surface area contributed by atoms with Crippen molar-refractivity contribution in [3.05, 3.63) is 58.3 Å². The molecule has 2 rings (SSSR count). The van der Waals surface area contributed by atoms with Gasteiger partial charge in [-0.15, -0.1) is 0 Å². The maximum atomic E-state index is 9.14. The molecule has 0 saturated carbocycles. The lowest BCUT2D eigenvalue weighted by molar-refractivity contribution is 0.883. The van der Waals surface area contributed by atoms with Crippen LogP contribution in [0.3, 0.4) is 0 Å². The predicted octanol–water partition coefficient (Wildman–Crippen LogP) is 3.35. The number of halogens is 1. The van der Waals surface area contributed by atoms with Gasteiger partial charge < -0.3 is 4.90 Å². The molecule has 0 saturated heterocycles. The van der Waals surface area contributed by atoms with E-state index in [1.54, 1.807) is 6.20 Å². The van der Waals surface area contributed by atoms with E-state index in [1.165, 1.54) is 0 Å². The van der Waals surface area contributed by atoms with Crippen molar-refractivity contribution in [2.24, 2.45) is 0 Å². The summed E-state index contributed by atoms with van der Waals surface area (Å²) in [5, 5.41) is 9.14. The van der Waals surface area contributed by atoms with Crippen molar-refractivity contribution in [3.63, 3.8) is 0 Å². The molecule has 0 aliphatic carbocycles. The summed E-state index contributed by atoms with van der Waals surface area (Å²) < 4.78 is 0.911. The highest BCUT2D eigenvalue weighted by atomic mass is 79.9. The van der Waals surface area contributed by atoms with E-state index in [1.807, 2.05) is 48.3 Å². The van der Waals surface area contributed by atoms with Crippen LogP contribution in [-0.2, 0) is 6.54 Å². The maximum Gasteiger partial charge on any atom is 0.101 e. The zero-order chi connectivity index (χ0) is 13.0. The standard InChI is InChI=1S/C14H12BrN3/c1-18(10-13-4-2-3-7-17-13)14-6-5-12(15)8-11(14)9-16/h2-8H,10H2,1H3. The molecular weight excluding hydrogens is 290 g/mol. The second-order valence-corrected chi connectivity index (χ2v) is 4.87. The van der Waals surface area contributed by atoms with Gasteiger partial charge in [-0.2, -0.15) is 5.26 Å². The zero-order valence-electron chi connectivity index (χ0n) is 9.97. The largest absolute Gasteiger partial charge is 0.368 e. The number of pyridine rings is 1. The van der Waals surface area contributed by atoms with Gasteiger partial charge in [-0.3, -0.25) is 4.98 Å². The number of hydrogen-bond donors (Lipinski definition) is 0. The van der Waals surface area contributed by atoms with E-state index in [0.717, 1.165) is 15.9 Å². The number of hydrogen-bond acceptors (Lipinski definition) is 3. The molecule has 0 N–H and O–H groups in total. The molecule has 0 atom stereocenters. The van der Waals surface area contributed by atoms with Gasteiger partial charge >= 0.3 is 0 Å². The summed E-state index contributed by atoms with van der Waals surface area (Å²) in [4.78, 5) is 6.30. The lowest BCUT2D eigenvalue weighted by atomic mass is 10.1. The monoisotopic (exact) mass is 301 g/mol. The Balaban J connectivity index is 2.24. The van der Waals surface area contributed by atoms with E-state index in [4.69, 9.17) is 5.26 Å². The Hall–Kier alpha value is -1.86. The van der Waals surface area contributed by atoms with Crippen LogP contribution in [0.1, 0.15) is 11.3 Å². The molecule has 18 heavy (non-hydrogen) atoms. The number of rotatable bonds is 3. The third-order valence-corrected chi connectivity index (χ3v) is 3.11. The minimum Gasteiger partial charge on any atom is -0.368 e. The summed E-state index contributed by atoms with van der Waals surface area (Å²) in [6, 6.07) is 13.7. The van der Waals surface area contributed by atoms with E-state index in [9.17, 15) is 0 Å². The van der Waals surface area contributed by atoms with Crippen LogP contribution in [0.4, 0.5) is 5.69 Å². The number of anilines is 1. The smallest absolute Gasteiger partial charge is 0.101 e. The Morgan fingerprint density at radius 2 is 2.17 bits per heavy atom. The number of nitrogens with zero attached hydrogens (tertiary/aromatic N) is 3. The van der Waals surface area contributed by atoms with E-state index >= 15 is 0 Å². The number of benzene rings is 1. The second kappa shape index (κ2) is 5.65. The van der Waals surface area contributed by atoms with Gasteiger partial charge in [0.25, 0.3) is 0 Å². The van der Waals surface area contributed by atoms with Crippen molar-refractivity contribution in [2.75, 3.05) is 11.9 Å². The fourth-order valence-electron chi connectivity index (χ4n) is 1.75. The van der Waals surface area contributed by atoms with Crippen molar-refractivity contribution in [2.45, 2.75) is 6.54 Å². The van der Waals surface area contributed by atoms with E-state index in [-0.39, 0.29) is 0 Å². The van der Waals surface area contributed by atoms with Crippen LogP contribution < -0.4 is 4.90 Å². The Morgan fingerprint density at radius 3 is 2.83 bits per heavy atom. The van der Waals surface area contributed by atoms with Crippen LogP contribution in [0, 0.1) is 11.3 Å². The zero-order valence-corrected chi connectivity index (χ0v) is 11.6. The van der Waals surface area contributed by atoms with Crippen molar-refractivity contribution >= 4 is 21.6 Å². The van der Waals surface area contributed by atoms with Crippen molar-refractivity contribution in [3.8, 4) is 6.07 Å². The first kappa shape index (κ1) is 12.6. The molecule has 0 spiro atoms. The topological polar surface area (TPSA) is 39.9 Å². The van der Waals surface area contributed by atoms with Crippen LogP contribution in [0.5, 0.6) is 0 Å². The minimum absolute atomic E-state index is 0.655. The fraction of sp³-hybridized carbons (Fsp3) is 0.143. The normalized spacial score (nSPS) is 9.83. The molecule has 2 aromatic rings.